The Labute approximate surface area is 88.9 Å². The summed E-state index contributed by atoms with van der Waals surface area (Å²) in [6.07, 6.45) is 4.51. The number of rotatable bonds is 0. The van der Waals surface area contributed by atoms with Crippen molar-refractivity contribution in [2.75, 3.05) is 4.90 Å². The van der Waals surface area contributed by atoms with Gasteiger partial charge in [0.05, 0.1) is 6.17 Å². The Morgan fingerprint density at radius 1 is 1.33 bits per heavy atom. The Kier molecular flexibility index (Phi) is 1.96. The lowest BCUT2D eigenvalue weighted by Gasteiger charge is -2.37. The van der Waals surface area contributed by atoms with E-state index in [4.69, 9.17) is 5.73 Å². The molecule has 2 aliphatic heterocycles. The van der Waals surface area contributed by atoms with Crippen LogP contribution in [0.15, 0.2) is 18.2 Å². The fourth-order valence-corrected chi connectivity index (χ4v) is 2.91. The quantitative estimate of drug-likeness (QED) is 0.703. The summed E-state index contributed by atoms with van der Waals surface area (Å²) in [6, 6.07) is 5.56. The molecule has 1 aromatic carbocycles. The second-order valence-electron chi connectivity index (χ2n) is 4.54. The van der Waals surface area contributed by atoms with Crippen LogP contribution >= 0.6 is 0 Å². The van der Waals surface area contributed by atoms with Gasteiger partial charge in [0.1, 0.15) is 5.82 Å². The predicted molar refractivity (Wildman–Crippen MR) is 58.2 cm³/mol. The number of nitrogens with two attached hydrogens (primary N) is 1. The lowest BCUT2D eigenvalue weighted by Crippen LogP contribution is -2.49. The van der Waals surface area contributed by atoms with Crippen LogP contribution in [0.5, 0.6) is 0 Å². The van der Waals surface area contributed by atoms with E-state index in [1.54, 1.807) is 6.07 Å². The molecule has 0 aliphatic carbocycles. The lowest BCUT2D eigenvalue weighted by molar-refractivity contribution is 0.401. The predicted octanol–water partition coefficient (Wildman–Crippen LogP) is 2.03. The zero-order valence-electron chi connectivity index (χ0n) is 8.62. The molecule has 0 saturated carbocycles. The van der Waals surface area contributed by atoms with Crippen molar-refractivity contribution in [2.45, 2.75) is 37.9 Å². The molecule has 0 spiro atoms. The third-order valence-corrected chi connectivity index (χ3v) is 3.56. The van der Waals surface area contributed by atoms with Gasteiger partial charge in [-0.15, -0.1) is 0 Å². The van der Waals surface area contributed by atoms with E-state index >= 15 is 0 Å². The SMILES string of the molecule is NC1CCCC2Cc3cc(F)ccc3N12. The molecule has 2 unspecified atom stereocenters. The van der Waals surface area contributed by atoms with Crippen LogP contribution in [-0.4, -0.2) is 12.2 Å². The number of halogens is 1. The highest BCUT2D eigenvalue weighted by molar-refractivity contribution is 5.60. The standard InChI is InChI=1S/C12H15FN2/c13-9-4-5-11-8(6-9)7-10-2-1-3-12(14)15(10)11/h4-6,10,12H,1-3,7,14H2. The molecule has 15 heavy (non-hydrogen) atoms. The maximum atomic E-state index is 13.1. The Bertz CT molecular complexity index is 391. The molecule has 3 heteroatoms. The number of benzene rings is 1. The molecule has 80 valence electrons. The third kappa shape index (κ3) is 1.34. The van der Waals surface area contributed by atoms with Crippen molar-refractivity contribution < 1.29 is 4.39 Å². The highest BCUT2D eigenvalue weighted by Gasteiger charge is 2.35. The molecular formula is C12H15FN2. The minimum absolute atomic E-state index is 0.121. The van der Waals surface area contributed by atoms with Gasteiger partial charge >= 0.3 is 0 Å². The summed E-state index contributed by atoms with van der Waals surface area (Å²) in [4.78, 5) is 2.28. The zero-order chi connectivity index (χ0) is 10.4. The number of fused-ring (bicyclic) bond motifs is 3. The van der Waals surface area contributed by atoms with Crippen LogP contribution in [0.1, 0.15) is 24.8 Å². The highest BCUT2D eigenvalue weighted by Crippen LogP contribution is 2.38. The van der Waals surface area contributed by atoms with Gasteiger partial charge in [0.2, 0.25) is 0 Å². The van der Waals surface area contributed by atoms with E-state index in [1.165, 1.54) is 18.9 Å². The minimum Gasteiger partial charge on any atom is -0.353 e. The van der Waals surface area contributed by atoms with Gasteiger partial charge < -0.3 is 10.6 Å². The number of hydrogen-bond donors (Lipinski definition) is 1. The molecule has 0 bridgehead atoms. The molecule has 1 saturated heterocycles. The summed E-state index contributed by atoms with van der Waals surface area (Å²) >= 11 is 0. The van der Waals surface area contributed by atoms with Crippen LogP contribution < -0.4 is 10.6 Å². The first-order valence-corrected chi connectivity index (χ1v) is 5.58. The van der Waals surface area contributed by atoms with Gasteiger partial charge in [-0.1, -0.05) is 0 Å². The number of hydrogen-bond acceptors (Lipinski definition) is 2. The molecular weight excluding hydrogens is 191 g/mol. The molecule has 0 aromatic heterocycles. The maximum absolute atomic E-state index is 13.1. The van der Waals surface area contributed by atoms with Crippen LogP contribution in [0.2, 0.25) is 0 Å². The van der Waals surface area contributed by atoms with E-state index in [0.717, 1.165) is 24.1 Å². The van der Waals surface area contributed by atoms with E-state index in [-0.39, 0.29) is 12.0 Å². The zero-order valence-corrected chi connectivity index (χ0v) is 8.62. The van der Waals surface area contributed by atoms with E-state index in [0.29, 0.717) is 6.04 Å². The highest BCUT2D eigenvalue weighted by atomic mass is 19.1. The van der Waals surface area contributed by atoms with Crippen molar-refractivity contribution >= 4 is 5.69 Å². The molecule has 2 aliphatic rings. The van der Waals surface area contributed by atoms with Crippen LogP contribution in [0.4, 0.5) is 10.1 Å². The van der Waals surface area contributed by atoms with Crippen LogP contribution in [-0.2, 0) is 6.42 Å². The van der Waals surface area contributed by atoms with Crippen molar-refractivity contribution in [2.24, 2.45) is 5.73 Å². The summed E-state index contributed by atoms with van der Waals surface area (Å²) in [5.41, 5.74) is 8.37. The van der Waals surface area contributed by atoms with Crippen molar-refractivity contribution in [3.05, 3.63) is 29.6 Å². The second kappa shape index (κ2) is 3.20. The second-order valence-corrected chi connectivity index (χ2v) is 4.54. The first kappa shape index (κ1) is 9.16. The largest absolute Gasteiger partial charge is 0.353 e. The molecule has 1 aromatic rings. The Morgan fingerprint density at radius 3 is 3.07 bits per heavy atom. The van der Waals surface area contributed by atoms with Gasteiger partial charge in [0, 0.05) is 11.7 Å². The fraction of sp³-hybridized carbons (Fsp3) is 0.500. The Morgan fingerprint density at radius 2 is 2.20 bits per heavy atom. The third-order valence-electron chi connectivity index (χ3n) is 3.56. The monoisotopic (exact) mass is 206 g/mol. The van der Waals surface area contributed by atoms with Gasteiger partial charge in [-0.3, -0.25) is 0 Å². The van der Waals surface area contributed by atoms with E-state index in [2.05, 4.69) is 4.90 Å². The van der Waals surface area contributed by atoms with Crippen molar-refractivity contribution in [1.82, 2.24) is 0 Å². The summed E-state index contributed by atoms with van der Waals surface area (Å²) in [7, 11) is 0. The average Bonchev–Trinajstić information content (AvgIpc) is 2.56. The molecule has 3 rings (SSSR count). The smallest absolute Gasteiger partial charge is 0.123 e. The molecule has 2 N–H and O–H groups in total. The molecule has 1 fully saturated rings. The molecule has 0 radical (unpaired) electrons. The summed E-state index contributed by atoms with van der Waals surface area (Å²) < 4.78 is 13.1. The van der Waals surface area contributed by atoms with Crippen LogP contribution in [0.25, 0.3) is 0 Å². The van der Waals surface area contributed by atoms with Crippen molar-refractivity contribution in [3.63, 3.8) is 0 Å². The Hall–Kier alpha value is -1.09. The number of anilines is 1. The van der Waals surface area contributed by atoms with Gasteiger partial charge in [-0.2, -0.15) is 0 Å². The lowest BCUT2D eigenvalue weighted by atomic mass is 10.00. The normalized spacial score (nSPS) is 28.8. The maximum Gasteiger partial charge on any atom is 0.123 e. The average molecular weight is 206 g/mol. The molecule has 2 nitrogen and oxygen atoms in total. The van der Waals surface area contributed by atoms with Crippen molar-refractivity contribution in [1.29, 1.82) is 0 Å². The van der Waals surface area contributed by atoms with Crippen LogP contribution in [0.3, 0.4) is 0 Å². The topological polar surface area (TPSA) is 29.3 Å². The number of nitrogens with zero attached hydrogens (tertiary/aromatic N) is 1. The van der Waals surface area contributed by atoms with Gasteiger partial charge in [0.15, 0.2) is 0 Å². The van der Waals surface area contributed by atoms with Gasteiger partial charge in [-0.25, -0.2) is 4.39 Å². The minimum atomic E-state index is -0.137. The fourth-order valence-electron chi connectivity index (χ4n) is 2.91. The summed E-state index contributed by atoms with van der Waals surface area (Å²) in [5.74, 6) is -0.137. The van der Waals surface area contributed by atoms with Crippen molar-refractivity contribution in [3.8, 4) is 0 Å². The first-order valence-electron chi connectivity index (χ1n) is 5.58. The van der Waals surface area contributed by atoms with Gasteiger partial charge in [0.25, 0.3) is 0 Å². The molecule has 0 amide bonds. The van der Waals surface area contributed by atoms with E-state index in [9.17, 15) is 4.39 Å². The molecule has 2 heterocycles. The number of piperidine rings is 1. The first-order chi connectivity index (χ1) is 7.25. The van der Waals surface area contributed by atoms with E-state index in [1.807, 2.05) is 6.07 Å². The summed E-state index contributed by atoms with van der Waals surface area (Å²) in [6.45, 7) is 0. The molecule has 2 atom stereocenters. The van der Waals surface area contributed by atoms with Gasteiger partial charge in [-0.05, 0) is 49.4 Å². The Balaban J connectivity index is 2.03. The van der Waals surface area contributed by atoms with Crippen LogP contribution in [0, 0.1) is 5.82 Å². The van der Waals surface area contributed by atoms with E-state index < -0.39 is 0 Å². The summed E-state index contributed by atoms with van der Waals surface area (Å²) in [5, 5.41) is 0.